The van der Waals surface area contributed by atoms with Gasteiger partial charge in [0.15, 0.2) is 18.2 Å². The largest absolute Gasteiger partial charge is 0.471 e. The van der Waals surface area contributed by atoms with Gasteiger partial charge in [0, 0.05) is 12.1 Å². The van der Waals surface area contributed by atoms with Crippen LogP contribution in [0.3, 0.4) is 0 Å². The summed E-state index contributed by atoms with van der Waals surface area (Å²) < 4.78 is 43.4. The first-order valence-corrected chi connectivity index (χ1v) is 7.30. The predicted octanol–water partition coefficient (Wildman–Crippen LogP) is 2.49. The molecule has 1 aliphatic rings. The van der Waals surface area contributed by atoms with E-state index in [9.17, 15) is 18.0 Å². The second kappa shape index (κ2) is 10.5. The molecule has 1 aromatic heterocycles. The number of halogens is 5. The van der Waals surface area contributed by atoms with E-state index in [4.69, 9.17) is 16.2 Å². The van der Waals surface area contributed by atoms with Crippen LogP contribution in [0.5, 0.6) is 5.88 Å². The highest BCUT2D eigenvalue weighted by molar-refractivity contribution is 5.95. The van der Waals surface area contributed by atoms with Crippen LogP contribution >= 0.6 is 24.8 Å². The van der Waals surface area contributed by atoms with Gasteiger partial charge in [-0.3, -0.25) is 4.79 Å². The number of carbonyl (C=O) groups is 1. The quantitative estimate of drug-likeness (QED) is 0.675. The van der Waals surface area contributed by atoms with Gasteiger partial charge in [-0.25, -0.2) is 13.2 Å². The number of primary amides is 1. The van der Waals surface area contributed by atoms with Crippen molar-refractivity contribution in [2.45, 2.75) is 44.2 Å². The minimum Gasteiger partial charge on any atom is -0.471 e. The first-order valence-electron chi connectivity index (χ1n) is 7.30. The molecule has 1 amide bonds. The zero-order chi connectivity index (χ0) is 17.0. The Morgan fingerprint density at radius 3 is 2.44 bits per heavy atom. The summed E-state index contributed by atoms with van der Waals surface area (Å²) in [6, 6.07) is 0.944. The number of nitrogens with zero attached hydrogens (tertiary/aromatic N) is 1. The van der Waals surface area contributed by atoms with Crippen molar-refractivity contribution in [3.8, 4) is 5.88 Å². The molecular weight excluding hydrogens is 384 g/mol. The molecule has 0 bridgehead atoms. The lowest BCUT2D eigenvalue weighted by Gasteiger charge is -2.27. The molecule has 11 heteroatoms. The topological polar surface area (TPSA) is 103 Å². The summed E-state index contributed by atoms with van der Waals surface area (Å²) in [7, 11) is 0. The highest BCUT2D eigenvalue weighted by Crippen LogP contribution is 2.26. The number of rotatable bonds is 6. The first-order chi connectivity index (χ1) is 10.9. The van der Waals surface area contributed by atoms with Gasteiger partial charge >= 0.3 is 0 Å². The van der Waals surface area contributed by atoms with E-state index in [0.29, 0.717) is 0 Å². The minimum absolute atomic E-state index is 0. The van der Waals surface area contributed by atoms with Crippen molar-refractivity contribution >= 4 is 36.5 Å². The van der Waals surface area contributed by atoms with E-state index in [-0.39, 0.29) is 48.3 Å². The third-order valence-electron chi connectivity index (χ3n) is 3.67. The van der Waals surface area contributed by atoms with Crippen molar-refractivity contribution in [2.24, 2.45) is 11.5 Å². The van der Waals surface area contributed by atoms with Gasteiger partial charge in [-0.2, -0.15) is 4.98 Å². The molecule has 1 aliphatic carbocycles. The van der Waals surface area contributed by atoms with Crippen molar-refractivity contribution in [2.75, 3.05) is 11.9 Å². The van der Waals surface area contributed by atoms with E-state index >= 15 is 0 Å². The molecular formula is C14H21Cl2F3N4O2. The molecule has 1 heterocycles. The Morgan fingerprint density at radius 2 is 1.92 bits per heavy atom. The summed E-state index contributed by atoms with van der Waals surface area (Å²) in [5, 5.41) is 2.90. The Bertz CT molecular complexity index is 573. The number of nitrogens with two attached hydrogens (primary N) is 2. The molecule has 1 fully saturated rings. The average molecular weight is 405 g/mol. The van der Waals surface area contributed by atoms with Crippen LogP contribution in [-0.2, 0) is 0 Å². The van der Waals surface area contributed by atoms with Crippen LogP contribution < -0.4 is 21.5 Å². The Labute approximate surface area is 155 Å². The van der Waals surface area contributed by atoms with Gasteiger partial charge in [0.1, 0.15) is 5.56 Å². The minimum atomic E-state index is -2.75. The molecule has 0 aromatic carbocycles. The summed E-state index contributed by atoms with van der Waals surface area (Å²) in [5.41, 5.74) is 10.5. The van der Waals surface area contributed by atoms with Gasteiger partial charge < -0.3 is 21.5 Å². The molecule has 0 spiro atoms. The Hall–Kier alpha value is -1.45. The Kier molecular flexibility index (Phi) is 9.91. The molecule has 1 saturated carbocycles. The molecule has 0 saturated heterocycles. The lowest BCUT2D eigenvalue weighted by molar-refractivity contribution is 0.0778. The molecule has 144 valence electrons. The van der Waals surface area contributed by atoms with Crippen LogP contribution in [0.2, 0.25) is 0 Å². The monoisotopic (exact) mass is 404 g/mol. The standard InChI is InChI=1S/C14H19F3N4O2.2ClH/c15-10-5-9(12(19)22)14(23-6-11(16)17)21-13(10)20-8-3-1-7(18)2-4-8;;/h5,7-8,11H,1-4,6,18H2,(H2,19,22)(H,20,21);2*1H/t7-,8-;;. The number of amides is 1. The molecule has 2 rings (SSSR count). The number of anilines is 1. The molecule has 1 aromatic rings. The maximum absolute atomic E-state index is 14.1. The van der Waals surface area contributed by atoms with Gasteiger partial charge in [-0.05, 0) is 31.7 Å². The maximum Gasteiger partial charge on any atom is 0.272 e. The number of carbonyl (C=O) groups excluding carboxylic acids is 1. The van der Waals surface area contributed by atoms with E-state index < -0.39 is 30.6 Å². The summed E-state index contributed by atoms with van der Waals surface area (Å²) in [6.45, 7) is -0.962. The zero-order valence-electron chi connectivity index (χ0n) is 13.2. The molecule has 0 radical (unpaired) electrons. The molecule has 25 heavy (non-hydrogen) atoms. The Balaban J connectivity index is 0.00000288. The summed E-state index contributed by atoms with van der Waals surface area (Å²) in [5.74, 6) is -2.36. The summed E-state index contributed by atoms with van der Waals surface area (Å²) in [6.07, 6.45) is 0.333. The number of alkyl halides is 2. The number of pyridine rings is 1. The van der Waals surface area contributed by atoms with Crippen LogP contribution in [0, 0.1) is 5.82 Å². The number of nitrogens with one attached hydrogen (secondary N) is 1. The number of ether oxygens (including phenoxy) is 1. The third kappa shape index (κ3) is 6.75. The highest BCUT2D eigenvalue weighted by atomic mass is 35.5. The van der Waals surface area contributed by atoms with Crippen LogP contribution in [-0.4, -0.2) is 36.0 Å². The van der Waals surface area contributed by atoms with Crippen LogP contribution in [0.4, 0.5) is 19.0 Å². The van der Waals surface area contributed by atoms with Gasteiger partial charge in [-0.15, -0.1) is 24.8 Å². The van der Waals surface area contributed by atoms with E-state index in [1.807, 2.05) is 0 Å². The maximum atomic E-state index is 14.1. The molecule has 0 aliphatic heterocycles. The summed E-state index contributed by atoms with van der Waals surface area (Å²) >= 11 is 0. The van der Waals surface area contributed by atoms with Crippen molar-refractivity contribution in [3.63, 3.8) is 0 Å². The van der Waals surface area contributed by atoms with Crippen LogP contribution in [0.1, 0.15) is 36.0 Å². The molecule has 5 N–H and O–H groups in total. The fourth-order valence-corrected chi connectivity index (χ4v) is 2.46. The normalized spacial score (nSPS) is 19.6. The summed E-state index contributed by atoms with van der Waals surface area (Å²) in [4.78, 5) is 15.1. The SMILES string of the molecule is Cl.Cl.NC(=O)c1cc(F)c(N[C@H]2CC[C@H](N)CC2)nc1OCC(F)F. The Morgan fingerprint density at radius 1 is 1.32 bits per heavy atom. The second-order valence-corrected chi connectivity index (χ2v) is 5.49. The number of hydrogen-bond acceptors (Lipinski definition) is 5. The highest BCUT2D eigenvalue weighted by Gasteiger charge is 2.22. The van der Waals surface area contributed by atoms with Crippen LogP contribution in [0.15, 0.2) is 6.07 Å². The molecule has 6 nitrogen and oxygen atoms in total. The van der Waals surface area contributed by atoms with Gasteiger partial charge in [-0.1, -0.05) is 0 Å². The van der Waals surface area contributed by atoms with E-state index in [2.05, 4.69) is 10.3 Å². The zero-order valence-corrected chi connectivity index (χ0v) is 14.8. The van der Waals surface area contributed by atoms with Crippen molar-refractivity contribution in [1.82, 2.24) is 4.98 Å². The smallest absolute Gasteiger partial charge is 0.272 e. The van der Waals surface area contributed by atoms with Crippen molar-refractivity contribution < 1.29 is 22.7 Å². The van der Waals surface area contributed by atoms with Gasteiger partial charge in [0.05, 0.1) is 0 Å². The van der Waals surface area contributed by atoms with E-state index in [1.54, 1.807) is 0 Å². The van der Waals surface area contributed by atoms with E-state index in [1.165, 1.54) is 0 Å². The van der Waals surface area contributed by atoms with Gasteiger partial charge in [0.25, 0.3) is 12.3 Å². The fraction of sp³-hybridized carbons (Fsp3) is 0.571. The fourth-order valence-electron chi connectivity index (χ4n) is 2.46. The third-order valence-corrected chi connectivity index (χ3v) is 3.67. The lowest BCUT2D eigenvalue weighted by Crippen LogP contribution is -2.33. The lowest BCUT2D eigenvalue weighted by atomic mass is 9.92. The van der Waals surface area contributed by atoms with Gasteiger partial charge in [0.2, 0.25) is 5.88 Å². The van der Waals surface area contributed by atoms with Crippen LogP contribution in [0.25, 0.3) is 0 Å². The van der Waals surface area contributed by atoms with Crippen molar-refractivity contribution in [3.05, 3.63) is 17.4 Å². The number of hydrogen-bond donors (Lipinski definition) is 3. The second-order valence-electron chi connectivity index (χ2n) is 5.49. The first kappa shape index (κ1) is 23.5. The van der Waals surface area contributed by atoms with Crippen molar-refractivity contribution in [1.29, 1.82) is 0 Å². The predicted molar refractivity (Wildman–Crippen MR) is 92.6 cm³/mol. The molecule has 0 unspecified atom stereocenters. The van der Waals surface area contributed by atoms with E-state index in [0.717, 1.165) is 31.7 Å². The molecule has 0 atom stereocenters. The number of aromatic nitrogens is 1. The average Bonchev–Trinajstić information content (AvgIpc) is 2.49.